The summed E-state index contributed by atoms with van der Waals surface area (Å²) >= 11 is 0. The van der Waals surface area contributed by atoms with E-state index in [4.69, 9.17) is 4.74 Å². The number of ether oxygens (including phenoxy) is 2. The quantitative estimate of drug-likeness (QED) is 0.800. The van der Waals surface area contributed by atoms with Gasteiger partial charge >= 0.3 is 6.36 Å². The van der Waals surface area contributed by atoms with E-state index in [0.717, 1.165) is 5.56 Å². The van der Waals surface area contributed by atoms with Crippen LogP contribution in [0.2, 0.25) is 0 Å². The number of carbonyl (C=O) groups is 1. The zero-order chi connectivity index (χ0) is 20.1. The van der Waals surface area contributed by atoms with Gasteiger partial charge in [-0.1, -0.05) is 12.1 Å². The highest BCUT2D eigenvalue weighted by atomic mass is 19.4. The summed E-state index contributed by atoms with van der Waals surface area (Å²) in [6.07, 6.45) is -2.38. The average Bonchev–Trinajstić information content (AvgIpc) is 2.64. The molecule has 0 bridgehead atoms. The maximum absolute atomic E-state index is 12.3. The van der Waals surface area contributed by atoms with E-state index in [0.29, 0.717) is 30.7 Å². The van der Waals surface area contributed by atoms with Crippen molar-refractivity contribution in [3.8, 4) is 5.75 Å². The first-order valence-electron chi connectivity index (χ1n) is 8.58. The van der Waals surface area contributed by atoms with Gasteiger partial charge in [-0.05, 0) is 24.1 Å². The highest BCUT2D eigenvalue weighted by molar-refractivity contribution is 5.75. The van der Waals surface area contributed by atoms with Gasteiger partial charge in [-0.2, -0.15) is 0 Å². The molecule has 0 fully saturated rings. The number of rotatable bonds is 6. The Hall–Kier alpha value is -2.88. The standard InChI is InChI=1S/C18H18F3N3O4/c19-18(20,21)28-13-3-1-12(2-4-13)5-7-22-16(25)9-24-11-23-15-6-8-27-10-14(15)17(24)26/h1-4,11H,5-10H2,(H,22,25). The molecule has 1 aliphatic rings. The number of hydrogen-bond acceptors (Lipinski definition) is 5. The Bertz CT molecular complexity index is 894. The summed E-state index contributed by atoms with van der Waals surface area (Å²) in [5, 5.41) is 2.67. The Morgan fingerprint density at radius 3 is 2.75 bits per heavy atom. The van der Waals surface area contributed by atoms with Gasteiger partial charge in [0.15, 0.2) is 0 Å². The molecule has 0 unspecified atom stereocenters. The molecule has 10 heteroatoms. The van der Waals surface area contributed by atoms with E-state index in [9.17, 15) is 22.8 Å². The summed E-state index contributed by atoms with van der Waals surface area (Å²) in [5.74, 6) is -0.666. The van der Waals surface area contributed by atoms with Crippen molar-refractivity contribution in [1.82, 2.24) is 14.9 Å². The van der Waals surface area contributed by atoms with Gasteiger partial charge in [0, 0.05) is 13.0 Å². The van der Waals surface area contributed by atoms with Crippen LogP contribution in [0.1, 0.15) is 16.8 Å². The van der Waals surface area contributed by atoms with E-state index in [2.05, 4.69) is 15.0 Å². The van der Waals surface area contributed by atoms with Crippen molar-refractivity contribution in [2.45, 2.75) is 32.4 Å². The van der Waals surface area contributed by atoms with Gasteiger partial charge < -0.3 is 14.8 Å². The number of benzene rings is 1. The van der Waals surface area contributed by atoms with Gasteiger partial charge in [0.1, 0.15) is 12.3 Å². The van der Waals surface area contributed by atoms with Crippen LogP contribution in [0.15, 0.2) is 35.4 Å². The molecule has 1 N–H and O–H groups in total. The van der Waals surface area contributed by atoms with E-state index < -0.39 is 6.36 Å². The maximum atomic E-state index is 12.3. The molecule has 1 amide bonds. The first-order chi connectivity index (χ1) is 13.3. The molecule has 2 heterocycles. The minimum absolute atomic E-state index is 0.169. The molecule has 3 rings (SSSR count). The molecule has 28 heavy (non-hydrogen) atoms. The van der Waals surface area contributed by atoms with Crippen LogP contribution in [0.4, 0.5) is 13.2 Å². The van der Waals surface area contributed by atoms with Gasteiger partial charge in [-0.25, -0.2) is 4.98 Å². The SMILES string of the molecule is O=C(Cn1cnc2c(c1=O)COCC2)NCCc1ccc(OC(F)(F)F)cc1. The molecule has 0 atom stereocenters. The third kappa shape index (κ3) is 5.32. The predicted molar refractivity (Wildman–Crippen MR) is 91.7 cm³/mol. The van der Waals surface area contributed by atoms with Gasteiger partial charge in [0.25, 0.3) is 5.56 Å². The highest BCUT2D eigenvalue weighted by Crippen LogP contribution is 2.22. The summed E-state index contributed by atoms with van der Waals surface area (Å²) in [6, 6.07) is 5.41. The van der Waals surface area contributed by atoms with Gasteiger partial charge in [-0.3, -0.25) is 14.2 Å². The van der Waals surface area contributed by atoms with Crippen molar-refractivity contribution >= 4 is 5.91 Å². The number of hydrogen-bond donors (Lipinski definition) is 1. The smallest absolute Gasteiger partial charge is 0.406 e. The average molecular weight is 397 g/mol. The second-order valence-electron chi connectivity index (χ2n) is 6.20. The molecule has 1 aromatic carbocycles. The lowest BCUT2D eigenvalue weighted by atomic mass is 10.1. The van der Waals surface area contributed by atoms with Crippen molar-refractivity contribution < 1.29 is 27.4 Å². The zero-order valence-electron chi connectivity index (χ0n) is 14.8. The van der Waals surface area contributed by atoms with Crippen molar-refractivity contribution in [2.24, 2.45) is 0 Å². The highest BCUT2D eigenvalue weighted by Gasteiger charge is 2.30. The van der Waals surface area contributed by atoms with Crippen molar-refractivity contribution in [2.75, 3.05) is 13.2 Å². The Morgan fingerprint density at radius 1 is 1.29 bits per heavy atom. The Labute approximate surface area is 158 Å². The summed E-state index contributed by atoms with van der Waals surface area (Å²) < 4.78 is 46.7. The summed E-state index contributed by atoms with van der Waals surface area (Å²) in [7, 11) is 0. The lowest BCUT2D eigenvalue weighted by molar-refractivity contribution is -0.274. The summed E-state index contributed by atoms with van der Waals surface area (Å²) in [5.41, 5.74) is 1.62. The van der Waals surface area contributed by atoms with E-state index in [1.54, 1.807) is 0 Å². The van der Waals surface area contributed by atoms with Gasteiger partial charge in [0.2, 0.25) is 5.91 Å². The van der Waals surface area contributed by atoms with E-state index in [1.165, 1.54) is 35.2 Å². The first-order valence-corrected chi connectivity index (χ1v) is 8.58. The molecule has 0 radical (unpaired) electrons. The number of nitrogens with one attached hydrogen (secondary N) is 1. The topological polar surface area (TPSA) is 82.5 Å². The monoisotopic (exact) mass is 397 g/mol. The number of fused-ring (bicyclic) bond motifs is 1. The zero-order valence-corrected chi connectivity index (χ0v) is 14.8. The molecule has 2 aromatic rings. The van der Waals surface area contributed by atoms with Crippen LogP contribution in [-0.4, -0.2) is 35.0 Å². The van der Waals surface area contributed by atoms with Gasteiger partial charge in [-0.15, -0.1) is 13.2 Å². The predicted octanol–water partition coefficient (Wildman–Crippen LogP) is 1.57. The van der Waals surface area contributed by atoms with Crippen LogP contribution >= 0.6 is 0 Å². The summed E-state index contributed by atoms with van der Waals surface area (Å²) in [6.45, 7) is 0.816. The van der Waals surface area contributed by atoms with Crippen molar-refractivity contribution in [1.29, 1.82) is 0 Å². The normalized spacial score (nSPS) is 13.7. The van der Waals surface area contributed by atoms with Crippen LogP contribution in [0.25, 0.3) is 0 Å². The van der Waals surface area contributed by atoms with Crippen LogP contribution in [0.3, 0.4) is 0 Å². The Morgan fingerprint density at radius 2 is 2.04 bits per heavy atom. The fraction of sp³-hybridized carbons (Fsp3) is 0.389. The van der Waals surface area contributed by atoms with E-state index in [-0.39, 0.29) is 36.9 Å². The number of carbonyl (C=O) groups excluding carboxylic acids is 1. The maximum Gasteiger partial charge on any atom is 0.573 e. The van der Waals surface area contributed by atoms with Crippen LogP contribution in [0.5, 0.6) is 5.75 Å². The molecular weight excluding hydrogens is 379 g/mol. The third-order valence-corrected chi connectivity index (χ3v) is 4.16. The molecule has 150 valence electrons. The van der Waals surface area contributed by atoms with E-state index >= 15 is 0 Å². The number of alkyl halides is 3. The van der Waals surface area contributed by atoms with Crippen molar-refractivity contribution in [3.63, 3.8) is 0 Å². The molecule has 0 spiro atoms. The molecular formula is C18H18F3N3O4. The van der Waals surface area contributed by atoms with E-state index in [1.807, 2.05) is 0 Å². The van der Waals surface area contributed by atoms with Crippen LogP contribution in [0, 0.1) is 0 Å². The van der Waals surface area contributed by atoms with Gasteiger partial charge in [0.05, 0.1) is 30.8 Å². The molecule has 1 aromatic heterocycles. The molecule has 7 nitrogen and oxygen atoms in total. The fourth-order valence-electron chi connectivity index (χ4n) is 2.80. The summed E-state index contributed by atoms with van der Waals surface area (Å²) in [4.78, 5) is 28.6. The van der Waals surface area contributed by atoms with Crippen LogP contribution in [-0.2, 0) is 35.5 Å². The van der Waals surface area contributed by atoms with Crippen molar-refractivity contribution in [3.05, 3.63) is 57.8 Å². The first kappa shape index (κ1) is 19.9. The fourth-order valence-corrected chi connectivity index (χ4v) is 2.80. The number of halogens is 3. The second-order valence-corrected chi connectivity index (χ2v) is 6.20. The number of amides is 1. The number of aromatic nitrogens is 2. The Kier molecular flexibility index (Phi) is 5.98. The lowest BCUT2D eigenvalue weighted by Crippen LogP contribution is -2.36. The molecule has 0 saturated heterocycles. The molecule has 0 aliphatic carbocycles. The third-order valence-electron chi connectivity index (χ3n) is 4.16. The minimum atomic E-state index is -4.73. The van der Waals surface area contributed by atoms with Crippen LogP contribution < -0.4 is 15.6 Å². The number of nitrogens with zero attached hydrogens (tertiary/aromatic N) is 2. The second kappa shape index (κ2) is 8.42. The largest absolute Gasteiger partial charge is 0.573 e. The lowest BCUT2D eigenvalue weighted by Gasteiger charge is -2.16. The molecule has 0 saturated carbocycles. The Balaban J connectivity index is 1.49. The minimum Gasteiger partial charge on any atom is -0.406 e. The molecule has 1 aliphatic heterocycles.